The van der Waals surface area contributed by atoms with E-state index >= 15 is 0 Å². The normalized spacial score (nSPS) is 15.8. The number of pyridine rings is 2. The summed E-state index contributed by atoms with van der Waals surface area (Å²) in [5, 5.41) is 2.75. The average molecular weight is 386 g/mol. The standard InChI is InChI=1S/C26H24N2O/c1-16-15-28-23(13-17(16)14-26(2,3)4)21-8-5-7-18-19-10-11-22-20(9-6-12-27-22)25(19)29-24(18)21/h5-13,15H,14H2,1-4H3/i1D3,14D2. The van der Waals surface area contributed by atoms with Gasteiger partial charge in [0, 0.05) is 41.0 Å². The molecule has 0 aliphatic heterocycles. The van der Waals surface area contributed by atoms with Crippen LogP contribution in [0.4, 0.5) is 0 Å². The average Bonchev–Trinajstić information content (AvgIpc) is 3.16. The minimum Gasteiger partial charge on any atom is -0.455 e. The van der Waals surface area contributed by atoms with Gasteiger partial charge in [0.15, 0.2) is 0 Å². The van der Waals surface area contributed by atoms with Crippen LogP contribution in [0.5, 0.6) is 0 Å². The second-order valence-corrected chi connectivity index (χ2v) is 8.29. The summed E-state index contributed by atoms with van der Waals surface area (Å²) in [7, 11) is 0. The molecule has 0 saturated heterocycles. The highest BCUT2D eigenvalue weighted by Gasteiger charge is 2.17. The molecule has 3 heterocycles. The van der Waals surface area contributed by atoms with Crippen LogP contribution in [0.1, 0.15) is 38.8 Å². The van der Waals surface area contributed by atoms with Gasteiger partial charge in [0.1, 0.15) is 11.2 Å². The van der Waals surface area contributed by atoms with Crippen molar-refractivity contribution in [3.8, 4) is 11.3 Å². The summed E-state index contributed by atoms with van der Waals surface area (Å²) in [4.78, 5) is 8.86. The topological polar surface area (TPSA) is 38.9 Å². The van der Waals surface area contributed by atoms with Crippen LogP contribution in [0.25, 0.3) is 44.1 Å². The molecule has 0 aliphatic carbocycles. The van der Waals surface area contributed by atoms with Crippen LogP contribution in [0, 0.1) is 12.3 Å². The van der Waals surface area contributed by atoms with Gasteiger partial charge in [-0.05, 0) is 66.2 Å². The number of benzene rings is 2. The van der Waals surface area contributed by atoms with E-state index in [4.69, 9.17) is 11.3 Å². The van der Waals surface area contributed by atoms with Gasteiger partial charge in [0.25, 0.3) is 0 Å². The molecule has 29 heavy (non-hydrogen) atoms. The summed E-state index contributed by atoms with van der Waals surface area (Å²) in [5.74, 6) is 0. The predicted octanol–water partition coefficient (Wildman–Crippen LogP) is 7.09. The minimum absolute atomic E-state index is 0.0787. The second-order valence-electron chi connectivity index (χ2n) is 8.29. The third-order valence-electron chi connectivity index (χ3n) is 4.93. The molecular weight excluding hydrogens is 356 g/mol. The number of nitrogens with zero attached hydrogens (tertiary/aromatic N) is 2. The first-order chi connectivity index (χ1) is 15.9. The highest BCUT2D eigenvalue weighted by Crippen LogP contribution is 2.38. The Bertz CT molecular complexity index is 1560. The smallest absolute Gasteiger partial charge is 0.144 e. The second kappa shape index (κ2) is 6.41. The first kappa shape index (κ1) is 13.1. The van der Waals surface area contributed by atoms with Crippen LogP contribution in [0.2, 0.25) is 0 Å². The number of hydrogen-bond acceptors (Lipinski definition) is 3. The lowest BCUT2D eigenvalue weighted by molar-refractivity contribution is 0.410. The summed E-state index contributed by atoms with van der Waals surface area (Å²) >= 11 is 0. The van der Waals surface area contributed by atoms with E-state index in [0.717, 1.165) is 27.3 Å². The molecule has 0 saturated carbocycles. The van der Waals surface area contributed by atoms with Crippen molar-refractivity contribution in [2.75, 3.05) is 0 Å². The molecule has 0 fully saturated rings. The van der Waals surface area contributed by atoms with Gasteiger partial charge < -0.3 is 4.42 Å². The summed E-state index contributed by atoms with van der Waals surface area (Å²) in [6.45, 7) is 2.79. The number of rotatable bonds is 2. The Morgan fingerprint density at radius 1 is 0.966 bits per heavy atom. The predicted molar refractivity (Wildman–Crippen MR) is 120 cm³/mol. The summed E-state index contributed by atoms with van der Waals surface area (Å²) < 4.78 is 47.8. The number of fused-ring (bicyclic) bond motifs is 5. The fraction of sp³-hybridized carbons (Fsp3) is 0.231. The molecule has 0 spiro atoms. The Balaban J connectivity index is 1.80. The Morgan fingerprint density at radius 3 is 2.62 bits per heavy atom. The Kier molecular flexibility index (Phi) is 2.90. The van der Waals surface area contributed by atoms with Crippen molar-refractivity contribution in [1.29, 1.82) is 0 Å². The zero-order valence-corrected chi connectivity index (χ0v) is 16.6. The van der Waals surface area contributed by atoms with Crippen molar-refractivity contribution < 1.29 is 11.3 Å². The maximum absolute atomic E-state index is 8.80. The fourth-order valence-electron chi connectivity index (χ4n) is 3.72. The lowest BCUT2D eigenvalue weighted by Crippen LogP contribution is -2.10. The van der Waals surface area contributed by atoms with E-state index in [1.807, 2.05) is 42.5 Å². The molecule has 2 aromatic carbocycles. The Labute approximate surface area is 177 Å². The summed E-state index contributed by atoms with van der Waals surface area (Å²) in [5.41, 5.74) is 2.51. The number of aryl methyl sites for hydroxylation is 1. The van der Waals surface area contributed by atoms with Gasteiger partial charge in [-0.2, -0.15) is 0 Å². The van der Waals surface area contributed by atoms with Crippen molar-refractivity contribution >= 4 is 32.8 Å². The van der Waals surface area contributed by atoms with Crippen LogP contribution in [0.15, 0.2) is 65.3 Å². The molecule has 3 heteroatoms. The van der Waals surface area contributed by atoms with E-state index in [1.165, 1.54) is 6.20 Å². The molecule has 5 aromatic rings. The highest BCUT2D eigenvalue weighted by molar-refractivity contribution is 6.16. The first-order valence-electron chi connectivity index (χ1n) is 12.1. The van der Waals surface area contributed by atoms with E-state index in [-0.39, 0.29) is 11.1 Å². The number of furan rings is 1. The van der Waals surface area contributed by atoms with Crippen LogP contribution in [-0.4, -0.2) is 9.97 Å². The number of hydrogen-bond donors (Lipinski definition) is 0. The van der Waals surface area contributed by atoms with Crippen molar-refractivity contribution in [2.24, 2.45) is 5.41 Å². The third-order valence-corrected chi connectivity index (χ3v) is 4.93. The third kappa shape index (κ3) is 3.07. The van der Waals surface area contributed by atoms with Crippen molar-refractivity contribution in [3.05, 3.63) is 72.1 Å². The molecular formula is C26H24N2O. The molecule has 0 aliphatic rings. The maximum Gasteiger partial charge on any atom is 0.144 e. The van der Waals surface area contributed by atoms with E-state index in [2.05, 4.69) is 9.97 Å². The van der Waals surface area contributed by atoms with Gasteiger partial charge in [-0.1, -0.05) is 32.9 Å². The van der Waals surface area contributed by atoms with E-state index < -0.39 is 18.6 Å². The van der Waals surface area contributed by atoms with Crippen LogP contribution in [0.3, 0.4) is 0 Å². The van der Waals surface area contributed by atoms with Crippen molar-refractivity contribution in [1.82, 2.24) is 9.97 Å². The largest absolute Gasteiger partial charge is 0.455 e. The molecule has 0 atom stereocenters. The van der Waals surface area contributed by atoms with Crippen LogP contribution >= 0.6 is 0 Å². The molecule has 0 bridgehead atoms. The zero-order chi connectivity index (χ0) is 24.5. The van der Waals surface area contributed by atoms with Gasteiger partial charge in [0.05, 0.1) is 11.2 Å². The van der Waals surface area contributed by atoms with Gasteiger partial charge in [-0.15, -0.1) is 0 Å². The molecule has 3 nitrogen and oxygen atoms in total. The van der Waals surface area contributed by atoms with Gasteiger partial charge in [0.2, 0.25) is 0 Å². The molecule has 144 valence electrons. The molecule has 0 N–H and O–H groups in total. The molecule has 0 radical (unpaired) electrons. The van der Waals surface area contributed by atoms with Crippen LogP contribution < -0.4 is 0 Å². The molecule has 3 aromatic heterocycles. The minimum atomic E-state index is -2.49. The van der Waals surface area contributed by atoms with Crippen molar-refractivity contribution in [3.63, 3.8) is 0 Å². The quantitative estimate of drug-likeness (QED) is 0.325. The lowest BCUT2D eigenvalue weighted by Gasteiger charge is -2.20. The number of aromatic nitrogens is 2. The van der Waals surface area contributed by atoms with E-state index in [1.54, 1.807) is 33.0 Å². The lowest BCUT2D eigenvalue weighted by atomic mass is 9.86. The van der Waals surface area contributed by atoms with Gasteiger partial charge in [-0.3, -0.25) is 9.97 Å². The van der Waals surface area contributed by atoms with E-state index in [0.29, 0.717) is 16.8 Å². The molecule has 0 unspecified atom stereocenters. The fourth-order valence-corrected chi connectivity index (χ4v) is 3.72. The summed E-state index contributed by atoms with van der Waals surface area (Å²) in [6, 6.07) is 15.1. The summed E-state index contributed by atoms with van der Waals surface area (Å²) in [6.07, 6.45) is 1.11. The molecule has 0 amide bonds. The first-order valence-corrected chi connectivity index (χ1v) is 9.60. The zero-order valence-electron chi connectivity index (χ0n) is 21.6. The van der Waals surface area contributed by atoms with Gasteiger partial charge >= 0.3 is 0 Å². The molecule has 5 rings (SSSR count). The Morgan fingerprint density at radius 2 is 1.79 bits per heavy atom. The van der Waals surface area contributed by atoms with Crippen LogP contribution in [-0.2, 0) is 6.37 Å². The number of para-hydroxylation sites is 1. The SMILES string of the molecule is [2H]C([2H])([2H])c1cnc(-c2cccc3c2oc2c4cccnc4ccc32)cc1C([2H])([2H])C(C)(C)C. The van der Waals surface area contributed by atoms with E-state index in [9.17, 15) is 0 Å². The Hall–Kier alpha value is -3.20. The van der Waals surface area contributed by atoms with Crippen molar-refractivity contribution in [2.45, 2.75) is 34.0 Å². The van der Waals surface area contributed by atoms with Gasteiger partial charge in [-0.25, -0.2) is 0 Å². The highest BCUT2D eigenvalue weighted by atomic mass is 16.3. The maximum atomic E-state index is 8.80. The monoisotopic (exact) mass is 385 g/mol.